The number of methoxy groups -OCH3 is 1. The smallest absolute Gasteiger partial charge is 0.267 e. The number of aliphatic hydroxyl groups excluding tert-OH is 1. The first-order chi connectivity index (χ1) is 11.6. The predicted molar refractivity (Wildman–Crippen MR) is 88.5 cm³/mol. The molecule has 3 rings (SSSR count). The predicted octanol–water partition coefficient (Wildman–Crippen LogP) is 2.78. The van der Waals surface area contributed by atoms with E-state index in [4.69, 9.17) is 4.74 Å². The number of fused-ring (bicyclic) bond motifs is 1. The number of benzene rings is 2. The van der Waals surface area contributed by atoms with Gasteiger partial charge in [0.05, 0.1) is 13.2 Å². The first-order valence-corrected chi connectivity index (χ1v) is 7.45. The maximum absolute atomic E-state index is 13.2. The molecule has 24 heavy (non-hydrogen) atoms. The molecule has 6 heteroatoms. The highest BCUT2D eigenvalue weighted by Crippen LogP contribution is 2.18. The summed E-state index contributed by atoms with van der Waals surface area (Å²) in [7, 11) is 1.57. The Bertz CT molecular complexity index is 858. The van der Waals surface area contributed by atoms with Gasteiger partial charge < -0.3 is 20.1 Å². The Kier molecular flexibility index (Phi) is 4.48. The minimum atomic E-state index is -0.832. The number of nitrogens with one attached hydrogen (secondary N) is 2. The van der Waals surface area contributed by atoms with Gasteiger partial charge in [0.1, 0.15) is 17.3 Å². The van der Waals surface area contributed by atoms with Crippen LogP contribution < -0.4 is 10.1 Å². The Hall–Kier alpha value is -2.86. The molecular formula is C18H17FN2O3. The largest absolute Gasteiger partial charge is 0.497 e. The van der Waals surface area contributed by atoms with E-state index in [0.29, 0.717) is 27.9 Å². The molecule has 1 unspecified atom stereocenters. The highest BCUT2D eigenvalue weighted by molar-refractivity contribution is 5.98. The van der Waals surface area contributed by atoms with Gasteiger partial charge in [-0.15, -0.1) is 0 Å². The average Bonchev–Trinajstić information content (AvgIpc) is 3.02. The lowest BCUT2D eigenvalue weighted by Gasteiger charge is -2.12. The zero-order valence-electron chi connectivity index (χ0n) is 13.0. The third-order valence-electron chi connectivity index (χ3n) is 3.78. The molecule has 1 atom stereocenters. The van der Waals surface area contributed by atoms with Crippen molar-refractivity contribution in [1.82, 2.24) is 10.3 Å². The Balaban J connectivity index is 1.65. The van der Waals surface area contributed by atoms with Crippen molar-refractivity contribution < 1.29 is 19.0 Å². The number of H-pyrrole nitrogens is 1. The van der Waals surface area contributed by atoms with Crippen LogP contribution in [0.5, 0.6) is 5.75 Å². The number of rotatable bonds is 5. The minimum Gasteiger partial charge on any atom is -0.497 e. The van der Waals surface area contributed by atoms with E-state index in [2.05, 4.69) is 10.3 Å². The van der Waals surface area contributed by atoms with Crippen LogP contribution in [0.4, 0.5) is 4.39 Å². The zero-order chi connectivity index (χ0) is 17.1. The van der Waals surface area contributed by atoms with E-state index in [-0.39, 0.29) is 18.3 Å². The molecular weight excluding hydrogens is 311 g/mol. The van der Waals surface area contributed by atoms with Gasteiger partial charge in [-0.2, -0.15) is 0 Å². The second kappa shape index (κ2) is 6.72. The van der Waals surface area contributed by atoms with E-state index in [0.717, 1.165) is 0 Å². The lowest BCUT2D eigenvalue weighted by atomic mass is 10.1. The van der Waals surface area contributed by atoms with Crippen molar-refractivity contribution in [1.29, 1.82) is 0 Å². The van der Waals surface area contributed by atoms with Gasteiger partial charge in [-0.05, 0) is 42.0 Å². The number of carbonyl (C=O) groups excluding carboxylic acids is 1. The van der Waals surface area contributed by atoms with Crippen molar-refractivity contribution in [3.8, 4) is 5.75 Å². The number of amides is 1. The molecule has 5 nitrogen and oxygen atoms in total. The fourth-order valence-corrected chi connectivity index (χ4v) is 2.45. The molecule has 3 aromatic rings. The first-order valence-electron chi connectivity index (χ1n) is 7.45. The molecule has 0 spiro atoms. The lowest BCUT2D eigenvalue weighted by molar-refractivity contribution is 0.0912. The minimum absolute atomic E-state index is 0.0644. The highest BCUT2D eigenvalue weighted by atomic mass is 19.1. The molecule has 0 fully saturated rings. The summed E-state index contributed by atoms with van der Waals surface area (Å²) < 4.78 is 18.2. The summed E-state index contributed by atoms with van der Waals surface area (Å²) in [5.74, 6) is -0.0251. The molecule has 1 heterocycles. The molecule has 2 aromatic carbocycles. The van der Waals surface area contributed by atoms with Gasteiger partial charge in [-0.3, -0.25) is 4.79 Å². The SMILES string of the molecule is COc1ccc(C(O)CNC(=O)c2cc3cc(F)ccc3[nH]2)cc1. The van der Waals surface area contributed by atoms with Crippen LogP contribution in [0.3, 0.4) is 0 Å². The highest BCUT2D eigenvalue weighted by Gasteiger charge is 2.13. The van der Waals surface area contributed by atoms with Crippen LogP contribution in [0.1, 0.15) is 22.2 Å². The van der Waals surface area contributed by atoms with Crippen LogP contribution in [0.25, 0.3) is 10.9 Å². The molecule has 0 aliphatic rings. The van der Waals surface area contributed by atoms with Crippen molar-refractivity contribution in [2.45, 2.75) is 6.10 Å². The van der Waals surface area contributed by atoms with Crippen molar-refractivity contribution in [3.63, 3.8) is 0 Å². The van der Waals surface area contributed by atoms with E-state index >= 15 is 0 Å². The molecule has 124 valence electrons. The van der Waals surface area contributed by atoms with Crippen LogP contribution in [0.15, 0.2) is 48.5 Å². The Morgan fingerprint density at radius 2 is 2.00 bits per heavy atom. The number of halogens is 1. The summed E-state index contributed by atoms with van der Waals surface area (Å²) in [6, 6.07) is 12.8. The van der Waals surface area contributed by atoms with Crippen LogP contribution in [-0.4, -0.2) is 29.7 Å². The fraction of sp³-hybridized carbons (Fsp3) is 0.167. The number of hydrogen-bond acceptors (Lipinski definition) is 3. The van der Waals surface area contributed by atoms with E-state index in [1.807, 2.05) is 0 Å². The Labute approximate surface area is 138 Å². The molecule has 0 radical (unpaired) electrons. The van der Waals surface area contributed by atoms with Crippen molar-refractivity contribution in [2.75, 3.05) is 13.7 Å². The second-order valence-corrected chi connectivity index (χ2v) is 5.41. The van der Waals surface area contributed by atoms with E-state index in [1.54, 1.807) is 43.5 Å². The number of aromatic nitrogens is 1. The van der Waals surface area contributed by atoms with Gasteiger partial charge in [0.2, 0.25) is 0 Å². The number of ether oxygens (including phenoxy) is 1. The van der Waals surface area contributed by atoms with Gasteiger partial charge in [0.15, 0.2) is 0 Å². The van der Waals surface area contributed by atoms with E-state index in [9.17, 15) is 14.3 Å². The summed E-state index contributed by atoms with van der Waals surface area (Å²) in [5, 5.41) is 13.4. The number of aliphatic hydroxyl groups is 1. The first kappa shape index (κ1) is 16.0. The molecule has 0 saturated carbocycles. The van der Waals surface area contributed by atoms with Gasteiger partial charge in [0.25, 0.3) is 5.91 Å². The summed E-state index contributed by atoms with van der Waals surface area (Å²) in [4.78, 5) is 15.1. The summed E-state index contributed by atoms with van der Waals surface area (Å²) >= 11 is 0. The van der Waals surface area contributed by atoms with Gasteiger partial charge in [0, 0.05) is 17.4 Å². The molecule has 0 bridgehead atoms. The van der Waals surface area contributed by atoms with Crippen molar-refractivity contribution in [2.24, 2.45) is 0 Å². The molecule has 1 amide bonds. The topological polar surface area (TPSA) is 74.3 Å². The van der Waals surface area contributed by atoms with Crippen molar-refractivity contribution >= 4 is 16.8 Å². The van der Waals surface area contributed by atoms with E-state index in [1.165, 1.54) is 12.1 Å². The molecule has 0 aliphatic heterocycles. The van der Waals surface area contributed by atoms with Crippen LogP contribution >= 0.6 is 0 Å². The molecule has 3 N–H and O–H groups in total. The van der Waals surface area contributed by atoms with E-state index < -0.39 is 6.10 Å². The molecule has 0 saturated heterocycles. The lowest BCUT2D eigenvalue weighted by Crippen LogP contribution is -2.28. The molecule has 1 aromatic heterocycles. The van der Waals surface area contributed by atoms with Gasteiger partial charge >= 0.3 is 0 Å². The average molecular weight is 328 g/mol. The zero-order valence-corrected chi connectivity index (χ0v) is 13.0. The number of aromatic amines is 1. The normalized spacial score (nSPS) is 12.1. The third kappa shape index (κ3) is 3.38. The van der Waals surface area contributed by atoms with Crippen LogP contribution in [-0.2, 0) is 0 Å². The van der Waals surface area contributed by atoms with Crippen LogP contribution in [0.2, 0.25) is 0 Å². The summed E-state index contributed by atoms with van der Waals surface area (Å²) in [5.41, 5.74) is 1.67. The summed E-state index contributed by atoms with van der Waals surface area (Å²) in [6.07, 6.45) is -0.832. The number of hydrogen-bond donors (Lipinski definition) is 3. The van der Waals surface area contributed by atoms with Crippen LogP contribution in [0, 0.1) is 5.82 Å². The number of carbonyl (C=O) groups is 1. The summed E-state index contributed by atoms with van der Waals surface area (Å²) in [6.45, 7) is 0.0644. The Morgan fingerprint density at radius 1 is 1.25 bits per heavy atom. The van der Waals surface area contributed by atoms with Crippen molar-refractivity contribution in [3.05, 3.63) is 65.6 Å². The third-order valence-corrected chi connectivity index (χ3v) is 3.78. The van der Waals surface area contributed by atoms with Gasteiger partial charge in [-0.25, -0.2) is 4.39 Å². The molecule has 0 aliphatic carbocycles. The standard InChI is InChI=1S/C18H17FN2O3/c1-24-14-5-2-11(3-6-14)17(22)10-20-18(23)16-9-12-8-13(19)4-7-15(12)21-16/h2-9,17,21-22H,10H2,1H3,(H,20,23). The second-order valence-electron chi connectivity index (χ2n) is 5.41. The Morgan fingerprint density at radius 3 is 2.71 bits per heavy atom. The van der Waals surface area contributed by atoms with Gasteiger partial charge in [-0.1, -0.05) is 12.1 Å². The monoisotopic (exact) mass is 328 g/mol. The maximum Gasteiger partial charge on any atom is 0.267 e. The fourth-order valence-electron chi connectivity index (χ4n) is 2.45. The quantitative estimate of drug-likeness (QED) is 0.674. The maximum atomic E-state index is 13.2.